The fraction of sp³-hybridized carbons (Fsp3) is 0.333. The molecule has 0 radical (unpaired) electrons. The molecule has 0 spiro atoms. The molecule has 0 aliphatic heterocycles. The maximum absolute atomic E-state index is 13.8. The quantitative estimate of drug-likeness (QED) is 0.878. The lowest BCUT2D eigenvalue weighted by molar-refractivity contribution is 0.186. The van der Waals surface area contributed by atoms with Gasteiger partial charge in [0.1, 0.15) is 5.75 Å². The third-order valence-electron chi connectivity index (χ3n) is 3.01. The van der Waals surface area contributed by atoms with Gasteiger partial charge in [-0.3, -0.25) is 0 Å². The van der Waals surface area contributed by atoms with Crippen LogP contribution < -0.4 is 4.74 Å². The number of fused-ring (bicyclic) bond motifs is 1. The topological polar surface area (TPSA) is 29.5 Å². The van der Waals surface area contributed by atoms with Crippen LogP contribution in [0.5, 0.6) is 11.5 Å². The van der Waals surface area contributed by atoms with Crippen molar-refractivity contribution in [2.24, 2.45) is 0 Å². The average molecular weight is 266 g/mol. The first-order valence-corrected chi connectivity index (χ1v) is 5.99. The van der Waals surface area contributed by atoms with Crippen LogP contribution in [-0.4, -0.2) is 12.0 Å². The Morgan fingerprint density at radius 1 is 1.21 bits per heavy atom. The number of aromatic hydroxyl groups is 1. The number of ether oxygens (including phenoxy) is 1. The van der Waals surface area contributed by atoms with Crippen molar-refractivity contribution < 1.29 is 18.6 Å². The Bertz CT molecular complexity index is 616. The molecule has 0 saturated heterocycles. The van der Waals surface area contributed by atoms with E-state index in [1.54, 1.807) is 12.1 Å². The van der Waals surface area contributed by atoms with Crippen molar-refractivity contribution in [3.8, 4) is 11.5 Å². The third kappa shape index (κ3) is 2.48. The van der Waals surface area contributed by atoms with E-state index in [4.69, 9.17) is 4.74 Å². The van der Waals surface area contributed by atoms with Crippen molar-refractivity contribution in [1.82, 2.24) is 0 Å². The predicted octanol–water partition coefficient (Wildman–Crippen LogP) is 4.29. The van der Waals surface area contributed by atoms with Crippen LogP contribution in [0.1, 0.15) is 26.3 Å². The number of alkyl halides is 1. The van der Waals surface area contributed by atoms with Crippen molar-refractivity contribution >= 4 is 10.8 Å². The third-order valence-corrected chi connectivity index (χ3v) is 3.01. The van der Waals surface area contributed by atoms with Crippen LogP contribution >= 0.6 is 0 Å². The van der Waals surface area contributed by atoms with Crippen LogP contribution in [0.2, 0.25) is 0 Å². The van der Waals surface area contributed by atoms with Gasteiger partial charge < -0.3 is 9.84 Å². The largest absolute Gasteiger partial charge is 0.508 e. The molecule has 0 atom stereocenters. The number of hydrogen-bond donors (Lipinski definition) is 1. The van der Waals surface area contributed by atoms with E-state index in [2.05, 4.69) is 0 Å². The van der Waals surface area contributed by atoms with Crippen molar-refractivity contribution in [3.63, 3.8) is 0 Å². The molecule has 0 aliphatic carbocycles. The number of phenols is 1. The minimum absolute atomic E-state index is 0.0928. The van der Waals surface area contributed by atoms with Gasteiger partial charge in [0.25, 0.3) is 0 Å². The molecule has 0 saturated carbocycles. The molecule has 0 fully saturated rings. The number of phenolic OH excluding ortho intramolecular Hbond substituents is 1. The SMILES string of the molecule is CC(C)(C)c1cc(O)cc2ccc(F)c(OCF)c12. The van der Waals surface area contributed by atoms with Crippen LogP contribution in [0.4, 0.5) is 8.78 Å². The summed E-state index contributed by atoms with van der Waals surface area (Å²) >= 11 is 0. The molecule has 0 bridgehead atoms. The normalized spacial score (nSPS) is 11.8. The Morgan fingerprint density at radius 3 is 2.47 bits per heavy atom. The van der Waals surface area contributed by atoms with Crippen molar-refractivity contribution in [3.05, 3.63) is 35.6 Å². The highest BCUT2D eigenvalue weighted by atomic mass is 19.1. The minimum Gasteiger partial charge on any atom is -0.508 e. The summed E-state index contributed by atoms with van der Waals surface area (Å²) in [5.74, 6) is -0.624. The Balaban J connectivity index is 2.89. The van der Waals surface area contributed by atoms with E-state index in [9.17, 15) is 13.9 Å². The standard InChI is InChI=1S/C15H16F2O2/c1-15(2,3)11-7-10(18)6-9-4-5-12(17)14(13(9)11)19-8-16/h4-7,18H,8H2,1-3H3. The van der Waals surface area contributed by atoms with Gasteiger partial charge in [0.15, 0.2) is 11.6 Å². The van der Waals surface area contributed by atoms with E-state index in [1.807, 2.05) is 20.8 Å². The number of benzene rings is 2. The summed E-state index contributed by atoms with van der Waals surface area (Å²) in [5.41, 5.74) is 0.379. The molecule has 1 N–H and O–H groups in total. The Labute approximate surface area is 110 Å². The van der Waals surface area contributed by atoms with E-state index >= 15 is 0 Å². The summed E-state index contributed by atoms with van der Waals surface area (Å²) in [4.78, 5) is 0. The fourth-order valence-corrected chi connectivity index (χ4v) is 2.18. The van der Waals surface area contributed by atoms with Crippen LogP contribution in [0.25, 0.3) is 10.8 Å². The van der Waals surface area contributed by atoms with Crippen molar-refractivity contribution in [2.75, 3.05) is 6.86 Å². The lowest BCUT2D eigenvalue weighted by Crippen LogP contribution is -2.12. The van der Waals surface area contributed by atoms with Crippen LogP contribution in [0, 0.1) is 5.82 Å². The summed E-state index contributed by atoms with van der Waals surface area (Å²) in [6.45, 7) is 4.71. The Kier molecular flexibility index (Phi) is 3.35. The molecule has 0 unspecified atom stereocenters. The molecule has 2 rings (SSSR count). The van der Waals surface area contributed by atoms with Gasteiger partial charge in [-0.2, -0.15) is 0 Å². The van der Waals surface area contributed by atoms with Crippen LogP contribution in [0.3, 0.4) is 0 Å². The first-order chi connectivity index (χ1) is 8.84. The fourth-order valence-electron chi connectivity index (χ4n) is 2.18. The maximum Gasteiger partial charge on any atom is 0.228 e. The maximum atomic E-state index is 13.8. The lowest BCUT2D eigenvalue weighted by Gasteiger charge is -2.23. The van der Waals surface area contributed by atoms with E-state index in [0.717, 1.165) is 0 Å². The molecule has 102 valence electrons. The van der Waals surface area contributed by atoms with Gasteiger partial charge in [-0.05, 0) is 34.6 Å². The molecule has 0 aromatic heterocycles. The highest BCUT2D eigenvalue weighted by molar-refractivity contribution is 5.93. The second-order valence-corrected chi connectivity index (χ2v) is 5.47. The van der Waals surface area contributed by atoms with Gasteiger partial charge in [-0.1, -0.05) is 26.8 Å². The van der Waals surface area contributed by atoms with Crippen LogP contribution in [-0.2, 0) is 5.41 Å². The average Bonchev–Trinajstić information content (AvgIpc) is 2.31. The molecule has 2 aromatic carbocycles. The number of hydrogen-bond acceptors (Lipinski definition) is 2. The highest BCUT2D eigenvalue weighted by Crippen LogP contribution is 2.39. The molecular formula is C15H16F2O2. The van der Waals surface area contributed by atoms with E-state index in [1.165, 1.54) is 12.1 Å². The molecular weight excluding hydrogens is 250 g/mol. The zero-order valence-corrected chi connectivity index (χ0v) is 11.1. The summed E-state index contributed by atoms with van der Waals surface area (Å²) in [6.07, 6.45) is 0. The van der Waals surface area contributed by atoms with E-state index in [-0.39, 0.29) is 16.9 Å². The first-order valence-electron chi connectivity index (χ1n) is 5.99. The smallest absolute Gasteiger partial charge is 0.228 e. The highest BCUT2D eigenvalue weighted by Gasteiger charge is 2.22. The number of halogens is 2. The summed E-state index contributed by atoms with van der Waals surface area (Å²) in [7, 11) is 0. The van der Waals surface area contributed by atoms with Crippen molar-refractivity contribution in [1.29, 1.82) is 0 Å². The second kappa shape index (κ2) is 4.68. The van der Waals surface area contributed by atoms with Gasteiger partial charge in [0.2, 0.25) is 6.86 Å². The molecule has 0 aliphatic rings. The monoisotopic (exact) mass is 266 g/mol. The zero-order chi connectivity index (χ0) is 14.2. The lowest BCUT2D eigenvalue weighted by atomic mass is 9.83. The van der Waals surface area contributed by atoms with Gasteiger partial charge in [-0.25, -0.2) is 8.78 Å². The summed E-state index contributed by atoms with van der Waals surface area (Å²) in [5, 5.41) is 10.9. The molecule has 2 nitrogen and oxygen atoms in total. The van der Waals surface area contributed by atoms with Crippen LogP contribution in [0.15, 0.2) is 24.3 Å². The molecule has 2 aromatic rings. The van der Waals surface area contributed by atoms with E-state index in [0.29, 0.717) is 16.3 Å². The molecule has 19 heavy (non-hydrogen) atoms. The molecule has 4 heteroatoms. The second-order valence-electron chi connectivity index (χ2n) is 5.47. The Morgan fingerprint density at radius 2 is 1.89 bits per heavy atom. The van der Waals surface area contributed by atoms with Gasteiger partial charge in [0.05, 0.1) is 0 Å². The Hall–Kier alpha value is -1.84. The zero-order valence-electron chi connectivity index (χ0n) is 11.1. The first kappa shape index (κ1) is 13.6. The molecule has 0 heterocycles. The summed E-state index contributed by atoms with van der Waals surface area (Å²) < 4.78 is 31.1. The number of rotatable bonds is 2. The van der Waals surface area contributed by atoms with Gasteiger partial charge in [-0.15, -0.1) is 0 Å². The predicted molar refractivity (Wildman–Crippen MR) is 70.9 cm³/mol. The molecule has 0 amide bonds. The summed E-state index contributed by atoms with van der Waals surface area (Å²) in [6, 6.07) is 5.83. The van der Waals surface area contributed by atoms with Gasteiger partial charge >= 0.3 is 0 Å². The van der Waals surface area contributed by atoms with E-state index < -0.39 is 12.7 Å². The van der Waals surface area contributed by atoms with Crippen molar-refractivity contribution in [2.45, 2.75) is 26.2 Å². The van der Waals surface area contributed by atoms with Gasteiger partial charge in [0, 0.05) is 5.39 Å². The minimum atomic E-state index is -1.10.